The maximum Gasteiger partial charge on any atom is 0.211 e. The van der Waals surface area contributed by atoms with Crippen LogP contribution in [0.2, 0.25) is 13.1 Å². The number of hydrogen-bond donors (Lipinski definition) is 0. The second-order valence-corrected chi connectivity index (χ2v) is 11.5. The van der Waals surface area contributed by atoms with Gasteiger partial charge in [-0.15, -0.1) is 0 Å². The van der Waals surface area contributed by atoms with Crippen molar-refractivity contribution in [2.75, 3.05) is 26.3 Å². The fraction of sp³-hybridized carbons (Fsp3) is 1.00. The third-order valence-corrected chi connectivity index (χ3v) is 4.28. The van der Waals surface area contributed by atoms with E-state index in [1.165, 1.54) is 36.6 Å². The van der Waals surface area contributed by atoms with Crippen molar-refractivity contribution in [2.24, 2.45) is 0 Å². The van der Waals surface area contributed by atoms with Gasteiger partial charge in [0.25, 0.3) is 0 Å². The summed E-state index contributed by atoms with van der Waals surface area (Å²) >= 11 is 6.33. The predicted molar refractivity (Wildman–Crippen MR) is 53.4 cm³/mol. The summed E-state index contributed by atoms with van der Waals surface area (Å²) in [7, 11) is 1.00. The van der Waals surface area contributed by atoms with Crippen molar-refractivity contribution in [3.63, 3.8) is 0 Å². The van der Waals surface area contributed by atoms with E-state index in [0.29, 0.717) is 0 Å². The molecule has 0 atom stereocenters. The summed E-state index contributed by atoms with van der Waals surface area (Å²) in [5.41, 5.74) is 0. The van der Waals surface area contributed by atoms with Crippen LogP contribution in [-0.4, -0.2) is 38.2 Å². The highest BCUT2D eigenvalue weighted by atomic mass is 35.6. The summed E-state index contributed by atoms with van der Waals surface area (Å²) in [5.74, 6) is 0. The molecule has 1 fully saturated rings. The molecular weight excluding hydrogens is 209 g/mol. The number of nitrogens with zero attached hydrogens (tertiary/aromatic N) is 1. The quantitative estimate of drug-likeness (QED) is 0.330. The van der Waals surface area contributed by atoms with Gasteiger partial charge in [-0.25, -0.2) is 0 Å². The minimum atomic E-state index is -1.35. The Morgan fingerprint density at radius 1 is 1.25 bits per heavy atom. The van der Waals surface area contributed by atoms with Crippen molar-refractivity contribution in [1.29, 1.82) is 0 Å². The van der Waals surface area contributed by atoms with Gasteiger partial charge in [0.15, 0.2) is 0 Å². The number of halogens is 2. The lowest BCUT2D eigenvalue weighted by Gasteiger charge is -2.33. The van der Waals surface area contributed by atoms with Crippen LogP contribution < -0.4 is 12.4 Å². The number of rotatable bonds is 2. The molecule has 0 aromatic carbocycles. The smallest absolute Gasteiger partial charge is 0.211 e. The van der Waals surface area contributed by atoms with E-state index in [1.807, 2.05) is 0 Å². The monoisotopic (exact) mass is 227 g/mol. The summed E-state index contributed by atoms with van der Waals surface area (Å²) in [5, 5.41) is 0. The second-order valence-electron chi connectivity index (χ2n) is 4.65. The van der Waals surface area contributed by atoms with Crippen LogP contribution in [0.1, 0.15) is 12.8 Å². The first-order chi connectivity index (χ1) is 4.91. The maximum atomic E-state index is 6.33. The van der Waals surface area contributed by atoms with Crippen LogP contribution in [0.5, 0.6) is 0 Å². The van der Waals surface area contributed by atoms with Crippen LogP contribution in [0.25, 0.3) is 0 Å². The van der Waals surface area contributed by atoms with Crippen molar-refractivity contribution in [2.45, 2.75) is 25.9 Å². The van der Waals surface area contributed by atoms with E-state index in [0.717, 1.165) is 0 Å². The zero-order chi connectivity index (χ0) is 8.54. The van der Waals surface area contributed by atoms with E-state index in [4.69, 9.17) is 11.1 Å². The third kappa shape index (κ3) is 4.12. The molecule has 0 spiro atoms. The van der Waals surface area contributed by atoms with Crippen LogP contribution >= 0.6 is 11.1 Å². The molecule has 1 rings (SSSR count). The van der Waals surface area contributed by atoms with E-state index >= 15 is 0 Å². The highest BCUT2D eigenvalue weighted by Gasteiger charge is 2.34. The molecule has 1 nitrogen and oxygen atoms in total. The molecule has 1 aliphatic rings. The molecule has 0 unspecified atom stereocenters. The van der Waals surface area contributed by atoms with Crippen molar-refractivity contribution < 1.29 is 16.9 Å². The molecule has 0 aliphatic carbocycles. The summed E-state index contributed by atoms with van der Waals surface area (Å²) in [6.45, 7) is 7.19. The molecule has 1 aliphatic heterocycles. The van der Waals surface area contributed by atoms with Crippen LogP contribution in [0.4, 0.5) is 0 Å². The Morgan fingerprint density at radius 2 is 1.67 bits per heavy atom. The largest absolute Gasteiger partial charge is 1.00 e. The van der Waals surface area contributed by atoms with Crippen molar-refractivity contribution in [3.8, 4) is 0 Å². The molecule has 1 saturated heterocycles. The van der Waals surface area contributed by atoms with Gasteiger partial charge in [0.1, 0.15) is 0 Å². The number of hydrogen-bond acceptors (Lipinski definition) is 0. The van der Waals surface area contributed by atoms with Crippen LogP contribution in [0, 0.1) is 0 Å². The summed E-state index contributed by atoms with van der Waals surface area (Å²) in [6, 6.07) is 0. The second kappa shape index (κ2) is 4.31. The van der Waals surface area contributed by atoms with E-state index in [2.05, 4.69) is 20.1 Å². The molecule has 0 aromatic rings. The first-order valence-corrected chi connectivity index (χ1v) is 8.66. The third-order valence-electron chi connectivity index (χ3n) is 2.40. The maximum absolute atomic E-state index is 6.33. The molecule has 0 amide bonds. The normalized spacial score (nSPS) is 22.0. The van der Waals surface area contributed by atoms with Crippen LogP contribution in [-0.2, 0) is 0 Å². The van der Waals surface area contributed by atoms with Gasteiger partial charge in [-0.1, -0.05) is 13.1 Å². The van der Waals surface area contributed by atoms with Gasteiger partial charge in [0, 0.05) is 12.8 Å². The average Bonchev–Trinajstić information content (AvgIpc) is 2.09. The minimum absolute atomic E-state index is 0. The Balaban J connectivity index is 0.00000121. The van der Waals surface area contributed by atoms with Gasteiger partial charge < -0.3 is 16.9 Å². The SMILES string of the molecule is C[N+]1(C[Si](C)(C)Cl)CCCC1.[Cl-]. The highest BCUT2D eigenvalue weighted by Crippen LogP contribution is 2.21. The Kier molecular flexibility index (Phi) is 4.59. The highest BCUT2D eigenvalue weighted by molar-refractivity contribution is 7.19. The number of likely N-dealkylation sites (tertiary alicyclic amines) is 1. The molecule has 0 N–H and O–H groups in total. The zero-order valence-corrected chi connectivity index (χ0v) is 10.8. The molecule has 1 heterocycles. The van der Waals surface area contributed by atoms with Gasteiger partial charge in [-0.3, -0.25) is 0 Å². The minimum Gasteiger partial charge on any atom is -1.00 e. The first kappa shape index (κ1) is 12.8. The molecular formula is C8H19Cl2NSi. The summed E-state index contributed by atoms with van der Waals surface area (Å²) in [4.78, 5) is 0. The molecule has 74 valence electrons. The first-order valence-electron chi connectivity index (χ1n) is 4.44. The van der Waals surface area contributed by atoms with Crippen LogP contribution in [0.15, 0.2) is 0 Å². The lowest BCUT2D eigenvalue weighted by molar-refractivity contribution is -0.887. The molecule has 4 heteroatoms. The Morgan fingerprint density at radius 3 is 2.00 bits per heavy atom. The van der Waals surface area contributed by atoms with Gasteiger partial charge in [-0.2, -0.15) is 11.1 Å². The van der Waals surface area contributed by atoms with Gasteiger partial charge in [0.05, 0.1) is 26.3 Å². The van der Waals surface area contributed by atoms with E-state index in [9.17, 15) is 0 Å². The molecule has 0 radical (unpaired) electrons. The fourth-order valence-corrected chi connectivity index (χ4v) is 5.16. The van der Waals surface area contributed by atoms with E-state index in [1.54, 1.807) is 0 Å². The molecule has 0 aromatic heterocycles. The van der Waals surface area contributed by atoms with Crippen molar-refractivity contribution in [1.82, 2.24) is 0 Å². The molecule has 12 heavy (non-hydrogen) atoms. The van der Waals surface area contributed by atoms with Crippen LogP contribution in [0.3, 0.4) is 0 Å². The predicted octanol–water partition coefficient (Wildman–Crippen LogP) is -0.786. The standard InChI is InChI=1S/C8H19ClNSi.ClH/c1-10(6-4-5-7-10)8-11(2,3)9;/h4-8H2,1-3H3;1H/q+1;/p-1. The molecule has 0 saturated carbocycles. The lowest BCUT2D eigenvalue weighted by Crippen LogP contribution is -3.00. The van der Waals surface area contributed by atoms with E-state index < -0.39 is 7.38 Å². The molecule has 0 bridgehead atoms. The fourth-order valence-electron chi connectivity index (χ4n) is 2.16. The van der Waals surface area contributed by atoms with Gasteiger partial charge in [-0.05, 0) is 0 Å². The lowest BCUT2D eigenvalue weighted by atomic mass is 10.4. The van der Waals surface area contributed by atoms with Gasteiger partial charge in [0.2, 0.25) is 7.38 Å². The zero-order valence-electron chi connectivity index (χ0n) is 8.24. The Bertz CT molecular complexity index is 138. The van der Waals surface area contributed by atoms with Crippen molar-refractivity contribution >= 4 is 18.5 Å². The Hall–Kier alpha value is 0.757. The summed E-state index contributed by atoms with van der Waals surface area (Å²) < 4.78 is 1.24. The average molecular weight is 228 g/mol. The topological polar surface area (TPSA) is 0 Å². The Labute approximate surface area is 87.8 Å². The number of quaternary nitrogens is 1. The van der Waals surface area contributed by atoms with Gasteiger partial charge >= 0.3 is 0 Å². The summed E-state index contributed by atoms with van der Waals surface area (Å²) in [6.07, 6.45) is 4.05. The van der Waals surface area contributed by atoms with Crippen molar-refractivity contribution in [3.05, 3.63) is 0 Å². The van der Waals surface area contributed by atoms with E-state index in [-0.39, 0.29) is 12.4 Å².